The molecule has 1 fully saturated rings. The summed E-state index contributed by atoms with van der Waals surface area (Å²) in [6, 6.07) is 4.83. The average Bonchev–Trinajstić information content (AvgIpc) is 2.98. The number of hydrogen-bond acceptors (Lipinski definition) is 3. The summed E-state index contributed by atoms with van der Waals surface area (Å²) < 4.78 is 5.43. The Bertz CT molecular complexity index is 293. The Morgan fingerprint density at radius 3 is 2.94 bits per heavy atom. The van der Waals surface area contributed by atoms with Crippen molar-refractivity contribution in [3.8, 4) is 0 Å². The van der Waals surface area contributed by atoms with Crippen LogP contribution in [0.3, 0.4) is 0 Å². The van der Waals surface area contributed by atoms with Gasteiger partial charge < -0.3 is 9.73 Å². The van der Waals surface area contributed by atoms with Crippen molar-refractivity contribution < 1.29 is 4.42 Å². The van der Waals surface area contributed by atoms with Gasteiger partial charge in [0.25, 0.3) is 0 Å². The van der Waals surface area contributed by atoms with Crippen molar-refractivity contribution in [2.45, 2.75) is 32.4 Å². The summed E-state index contributed by atoms with van der Waals surface area (Å²) in [6.45, 7) is 5.51. The predicted octanol–water partition coefficient (Wildman–Crippen LogP) is 2.10. The SMILES string of the molecule is CNCC(C)CN(Cc1ccco1)C1CC1. The van der Waals surface area contributed by atoms with E-state index in [-0.39, 0.29) is 0 Å². The first kappa shape index (κ1) is 11.7. The molecule has 0 radical (unpaired) electrons. The average molecular weight is 222 g/mol. The highest BCUT2D eigenvalue weighted by Gasteiger charge is 2.30. The van der Waals surface area contributed by atoms with Gasteiger partial charge in [0.05, 0.1) is 12.8 Å². The summed E-state index contributed by atoms with van der Waals surface area (Å²) in [6.07, 6.45) is 4.47. The van der Waals surface area contributed by atoms with E-state index < -0.39 is 0 Å². The third-order valence-corrected chi connectivity index (χ3v) is 3.10. The maximum absolute atomic E-state index is 5.43. The molecule has 0 spiro atoms. The second-order valence-corrected chi connectivity index (χ2v) is 4.90. The number of nitrogens with one attached hydrogen (secondary N) is 1. The normalized spacial score (nSPS) is 17.9. The molecule has 1 saturated carbocycles. The molecule has 0 bridgehead atoms. The van der Waals surface area contributed by atoms with E-state index in [4.69, 9.17) is 4.42 Å². The lowest BCUT2D eigenvalue weighted by Crippen LogP contribution is -2.33. The van der Waals surface area contributed by atoms with Gasteiger partial charge in [0.2, 0.25) is 0 Å². The number of furan rings is 1. The first-order valence-corrected chi connectivity index (χ1v) is 6.20. The van der Waals surface area contributed by atoms with Gasteiger partial charge in [-0.2, -0.15) is 0 Å². The maximum Gasteiger partial charge on any atom is 0.117 e. The van der Waals surface area contributed by atoms with Crippen LogP contribution in [-0.4, -0.2) is 31.1 Å². The summed E-state index contributed by atoms with van der Waals surface area (Å²) >= 11 is 0. The number of hydrogen-bond donors (Lipinski definition) is 1. The molecule has 3 heteroatoms. The number of nitrogens with zero attached hydrogens (tertiary/aromatic N) is 1. The molecule has 16 heavy (non-hydrogen) atoms. The van der Waals surface area contributed by atoms with E-state index in [0.29, 0.717) is 5.92 Å². The predicted molar refractivity (Wildman–Crippen MR) is 65.2 cm³/mol. The van der Waals surface area contributed by atoms with Gasteiger partial charge in [-0.05, 0) is 44.5 Å². The van der Waals surface area contributed by atoms with Crippen molar-refractivity contribution in [1.29, 1.82) is 0 Å². The van der Waals surface area contributed by atoms with Gasteiger partial charge in [0.15, 0.2) is 0 Å². The minimum atomic E-state index is 0.695. The van der Waals surface area contributed by atoms with Crippen LogP contribution in [-0.2, 0) is 6.54 Å². The Labute approximate surface area is 97.8 Å². The van der Waals surface area contributed by atoms with Gasteiger partial charge in [-0.1, -0.05) is 6.92 Å². The Hall–Kier alpha value is -0.800. The van der Waals surface area contributed by atoms with Crippen LogP contribution in [0.1, 0.15) is 25.5 Å². The Morgan fingerprint density at radius 2 is 2.38 bits per heavy atom. The van der Waals surface area contributed by atoms with E-state index in [1.807, 2.05) is 13.1 Å². The summed E-state index contributed by atoms with van der Waals surface area (Å²) in [4.78, 5) is 2.56. The summed E-state index contributed by atoms with van der Waals surface area (Å²) in [5.41, 5.74) is 0. The van der Waals surface area contributed by atoms with Gasteiger partial charge in [-0.15, -0.1) is 0 Å². The molecule has 1 N–H and O–H groups in total. The zero-order valence-corrected chi connectivity index (χ0v) is 10.3. The number of rotatable bonds is 7. The minimum Gasteiger partial charge on any atom is -0.468 e. The van der Waals surface area contributed by atoms with Crippen molar-refractivity contribution in [2.75, 3.05) is 20.1 Å². The van der Waals surface area contributed by atoms with E-state index in [0.717, 1.165) is 31.4 Å². The van der Waals surface area contributed by atoms with Crippen LogP contribution in [0.2, 0.25) is 0 Å². The molecular weight excluding hydrogens is 200 g/mol. The molecule has 1 aliphatic rings. The second kappa shape index (κ2) is 5.51. The molecule has 0 aromatic carbocycles. The van der Waals surface area contributed by atoms with Crippen LogP contribution in [0.15, 0.2) is 22.8 Å². The molecule has 1 heterocycles. The van der Waals surface area contributed by atoms with Gasteiger partial charge in [0, 0.05) is 12.6 Å². The molecule has 0 aliphatic heterocycles. The van der Waals surface area contributed by atoms with Crippen molar-refractivity contribution in [3.05, 3.63) is 24.2 Å². The van der Waals surface area contributed by atoms with Crippen LogP contribution in [0, 0.1) is 5.92 Å². The molecule has 1 aromatic heterocycles. The maximum atomic E-state index is 5.43. The molecule has 0 amide bonds. The van der Waals surface area contributed by atoms with Gasteiger partial charge >= 0.3 is 0 Å². The molecule has 1 aliphatic carbocycles. The zero-order chi connectivity index (χ0) is 11.4. The fourth-order valence-corrected chi connectivity index (χ4v) is 2.20. The lowest BCUT2D eigenvalue weighted by Gasteiger charge is -2.24. The molecule has 1 unspecified atom stereocenters. The second-order valence-electron chi connectivity index (χ2n) is 4.90. The van der Waals surface area contributed by atoms with Crippen molar-refractivity contribution in [2.24, 2.45) is 5.92 Å². The summed E-state index contributed by atoms with van der Waals surface area (Å²) in [5, 5.41) is 3.24. The van der Waals surface area contributed by atoms with E-state index >= 15 is 0 Å². The molecule has 0 saturated heterocycles. The van der Waals surface area contributed by atoms with Crippen LogP contribution < -0.4 is 5.32 Å². The van der Waals surface area contributed by atoms with Gasteiger partial charge in [-0.3, -0.25) is 4.90 Å². The first-order chi connectivity index (χ1) is 7.79. The van der Waals surface area contributed by atoms with Crippen molar-refractivity contribution in [3.63, 3.8) is 0 Å². The third-order valence-electron chi connectivity index (χ3n) is 3.10. The van der Waals surface area contributed by atoms with E-state index in [9.17, 15) is 0 Å². The molecule has 90 valence electrons. The highest BCUT2D eigenvalue weighted by atomic mass is 16.3. The van der Waals surface area contributed by atoms with Crippen LogP contribution >= 0.6 is 0 Å². The van der Waals surface area contributed by atoms with Crippen molar-refractivity contribution >= 4 is 0 Å². The highest BCUT2D eigenvalue weighted by Crippen LogP contribution is 2.29. The molecule has 1 aromatic rings. The zero-order valence-electron chi connectivity index (χ0n) is 10.3. The van der Waals surface area contributed by atoms with E-state index in [1.54, 1.807) is 6.26 Å². The smallest absolute Gasteiger partial charge is 0.117 e. The lowest BCUT2D eigenvalue weighted by molar-refractivity contribution is 0.202. The fraction of sp³-hybridized carbons (Fsp3) is 0.692. The van der Waals surface area contributed by atoms with Crippen molar-refractivity contribution in [1.82, 2.24) is 10.2 Å². The molecule has 3 nitrogen and oxygen atoms in total. The monoisotopic (exact) mass is 222 g/mol. The molecular formula is C13H22N2O. The van der Waals surface area contributed by atoms with Crippen LogP contribution in [0.25, 0.3) is 0 Å². The first-order valence-electron chi connectivity index (χ1n) is 6.20. The fourth-order valence-electron chi connectivity index (χ4n) is 2.20. The van der Waals surface area contributed by atoms with Crippen LogP contribution in [0.5, 0.6) is 0 Å². The highest BCUT2D eigenvalue weighted by molar-refractivity contribution is 4.99. The molecule has 2 rings (SSSR count). The topological polar surface area (TPSA) is 28.4 Å². The largest absolute Gasteiger partial charge is 0.468 e. The van der Waals surface area contributed by atoms with Gasteiger partial charge in [0.1, 0.15) is 5.76 Å². The Morgan fingerprint density at radius 1 is 1.56 bits per heavy atom. The minimum absolute atomic E-state index is 0.695. The Kier molecular flexibility index (Phi) is 4.02. The summed E-state index contributed by atoms with van der Waals surface area (Å²) in [5.74, 6) is 1.78. The van der Waals surface area contributed by atoms with Gasteiger partial charge in [-0.25, -0.2) is 0 Å². The van der Waals surface area contributed by atoms with Crippen LogP contribution in [0.4, 0.5) is 0 Å². The lowest BCUT2D eigenvalue weighted by atomic mass is 10.1. The third kappa shape index (κ3) is 3.35. The summed E-state index contributed by atoms with van der Waals surface area (Å²) in [7, 11) is 2.02. The Balaban J connectivity index is 1.85. The molecule has 1 atom stereocenters. The standard InChI is InChI=1S/C13H22N2O/c1-11(8-14-2)9-15(12-5-6-12)10-13-4-3-7-16-13/h3-4,7,11-12,14H,5-6,8-10H2,1-2H3. The quantitative estimate of drug-likeness (QED) is 0.766. The van der Waals surface area contributed by atoms with E-state index in [1.165, 1.54) is 12.8 Å². The van der Waals surface area contributed by atoms with E-state index in [2.05, 4.69) is 23.2 Å².